The molecule has 0 bridgehead atoms. The predicted molar refractivity (Wildman–Crippen MR) is 78.8 cm³/mol. The third-order valence-corrected chi connectivity index (χ3v) is 2.68. The molecule has 3 nitrogen and oxygen atoms in total. The first-order chi connectivity index (χ1) is 8.68. The van der Waals surface area contributed by atoms with Gasteiger partial charge in [-0.1, -0.05) is 64.7 Å². The molecule has 4 heteroatoms. The quantitative estimate of drug-likeness (QED) is 0.338. The maximum atomic E-state index is 9.54. The van der Waals surface area contributed by atoms with Crippen LogP contribution in [0.1, 0.15) is 71.1 Å². The fraction of sp³-hybridized carbons (Fsp3) is 0.867. The number of unbranched alkanes of at least 4 members (excludes halogenated alkanes) is 9. The number of aliphatic carboxylic acids is 1. The van der Waals surface area contributed by atoms with Crippen molar-refractivity contribution in [3.05, 3.63) is 6.92 Å². The van der Waals surface area contributed by atoms with Crippen molar-refractivity contribution in [1.82, 2.24) is 5.32 Å². The molecule has 0 aromatic carbocycles. The van der Waals surface area contributed by atoms with E-state index in [1.807, 2.05) is 0 Å². The van der Waals surface area contributed by atoms with Crippen molar-refractivity contribution >= 4 is 5.97 Å². The van der Waals surface area contributed by atoms with Crippen LogP contribution in [0.4, 0.5) is 0 Å². The number of nitrogens with one attached hydrogen (secondary N) is 1. The molecule has 2 N–H and O–H groups in total. The van der Waals surface area contributed by atoms with Crippen molar-refractivity contribution in [1.29, 1.82) is 0 Å². The van der Waals surface area contributed by atoms with Crippen LogP contribution in [0.5, 0.6) is 0 Å². The number of carboxylic acids is 1. The Labute approximate surface area is 142 Å². The topological polar surface area (TPSA) is 49.3 Å². The summed E-state index contributed by atoms with van der Waals surface area (Å²) in [5.74, 6) is -0.822. The van der Waals surface area contributed by atoms with Crippen LogP contribution >= 0.6 is 0 Å². The summed E-state index contributed by atoms with van der Waals surface area (Å²) in [5, 5.41) is 10.3. The van der Waals surface area contributed by atoms with E-state index in [0.717, 1.165) is 6.42 Å². The Morgan fingerprint density at radius 1 is 1.00 bits per heavy atom. The molecule has 0 unspecified atom stereocenters. The van der Waals surface area contributed by atoms with Gasteiger partial charge in [0.1, 0.15) is 0 Å². The van der Waals surface area contributed by atoms with Crippen LogP contribution in [0.25, 0.3) is 0 Å². The molecule has 0 radical (unpaired) electrons. The first-order valence-electron chi connectivity index (χ1n) is 7.34. The van der Waals surface area contributed by atoms with Gasteiger partial charge < -0.3 is 17.3 Å². The van der Waals surface area contributed by atoms with E-state index in [1.165, 1.54) is 57.8 Å². The van der Waals surface area contributed by atoms with Crippen LogP contribution in [0, 0.1) is 6.92 Å². The Morgan fingerprint density at radius 3 is 1.68 bits per heavy atom. The summed E-state index contributed by atoms with van der Waals surface area (Å²) in [4.78, 5) is 9.54. The molecule has 0 saturated carbocycles. The number of carboxylic acid groups (broad SMARTS) is 1. The molecule has 0 amide bonds. The predicted octanol–water partition coefficient (Wildman–Crippen LogP) is 1.04. The van der Waals surface area contributed by atoms with Gasteiger partial charge in [0.05, 0.1) is 6.54 Å². The zero-order valence-corrected chi connectivity index (χ0v) is 15.3. The number of carbonyl (C=O) groups is 1. The molecule has 0 aliphatic carbocycles. The molecule has 0 aliphatic heterocycles. The van der Waals surface area contributed by atoms with Gasteiger partial charge in [0, 0.05) is 0 Å². The van der Waals surface area contributed by atoms with Crippen LogP contribution in [-0.4, -0.2) is 24.7 Å². The second kappa shape index (κ2) is 23.5. The summed E-state index contributed by atoms with van der Waals surface area (Å²) in [6.07, 6.45) is 13.9. The molecular weight excluding hydrogens is 249 g/mol. The average Bonchev–Trinajstić information content (AvgIpc) is 2.33. The second-order valence-electron chi connectivity index (χ2n) is 4.61. The Balaban J connectivity index is -0.000000313. The first kappa shape index (κ1) is 24.4. The van der Waals surface area contributed by atoms with Crippen LogP contribution in [0.3, 0.4) is 0 Å². The van der Waals surface area contributed by atoms with Crippen molar-refractivity contribution in [2.24, 2.45) is 0 Å². The number of hydrogen-bond acceptors (Lipinski definition) is 2. The van der Waals surface area contributed by atoms with Crippen LogP contribution in [0.2, 0.25) is 0 Å². The van der Waals surface area contributed by atoms with Gasteiger partial charge in [0.25, 0.3) is 0 Å². The third-order valence-electron chi connectivity index (χ3n) is 2.68. The molecule has 0 rings (SSSR count). The summed E-state index contributed by atoms with van der Waals surface area (Å²) >= 11 is 0. The fourth-order valence-corrected chi connectivity index (χ4v) is 1.64. The largest absolute Gasteiger partial charge is 1.00 e. The van der Waals surface area contributed by atoms with E-state index in [0.29, 0.717) is 0 Å². The molecule has 0 atom stereocenters. The van der Waals surface area contributed by atoms with Crippen LogP contribution < -0.4 is 34.9 Å². The number of hydrogen-bond donors (Lipinski definition) is 2. The molecule has 0 fully saturated rings. The van der Waals surface area contributed by atoms with E-state index >= 15 is 0 Å². The van der Waals surface area contributed by atoms with Crippen molar-refractivity contribution in [3.63, 3.8) is 0 Å². The van der Waals surface area contributed by atoms with Gasteiger partial charge >= 0.3 is 35.5 Å². The van der Waals surface area contributed by atoms with E-state index in [9.17, 15) is 4.79 Å². The average molecular weight is 281 g/mol. The molecule has 110 valence electrons. The van der Waals surface area contributed by atoms with Crippen molar-refractivity contribution in [3.8, 4) is 0 Å². The Bertz CT molecular complexity index is 156. The molecule has 19 heavy (non-hydrogen) atoms. The number of likely N-dealkylation sites (N-methyl/N-ethyl adjacent to an activating group) is 1. The number of rotatable bonds is 11. The van der Waals surface area contributed by atoms with Crippen molar-refractivity contribution in [2.45, 2.75) is 71.1 Å². The third kappa shape index (κ3) is 32.2. The monoisotopic (exact) mass is 281 g/mol. The summed E-state index contributed by atoms with van der Waals surface area (Å²) < 4.78 is 0. The molecular formula is C15H32NNaO2. The minimum atomic E-state index is -0.822. The standard InChI is InChI=1S/C12H25.C3H7NO2.Na/c1-3-5-7-9-11-12-10-8-6-4-2;1-4-2-3(5)6;/h1,3-12H2,2H3;4H,2H2,1H3,(H,5,6);/q-1;;+1. The van der Waals surface area contributed by atoms with Gasteiger partial charge in [0.2, 0.25) is 0 Å². The molecule has 0 aromatic rings. The van der Waals surface area contributed by atoms with E-state index in [2.05, 4.69) is 19.2 Å². The summed E-state index contributed by atoms with van der Waals surface area (Å²) in [5.41, 5.74) is 0. The maximum absolute atomic E-state index is 9.54. The van der Waals surface area contributed by atoms with E-state index in [4.69, 9.17) is 5.11 Å². The van der Waals surface area contributed by atoms with E-state index in [1.54, 1.807) is 7.05 Å². The summed E-state index contributed by atoms with van der Waals surface area (Å²) in [6.45, 7) is 6.16. The Kier molecular flexibility index (Phi) is 30.3. The smallest absolute Gasteiger partial charge is 0.480 e. The SMILES string of the molecule is CNCC(=O)O.[CH2-]CCCCCCCCCCC.[Na+]. The molecule has 0 heterocycles. The second-order valence-corrected chi connectivity index (χ2v) is 4.61. The zero-order valence-electron chi connectivity index (χ0n) is 13.3. The van der Waals surface area contributed by atoms with Gasteiger partial charge in [-0.25, -0.2) is 0 Å². The molecule has 0 saturated heterocycles. The minimum Gasteiger partial charge on any atom is -0.480 e. The van der Waals surface area contributed by atoms with Gasteiger partial charge in [-0.15, -0.1) is 0 Å². The Hall–Kier alpha value is 0.430. The van der Waals surface area contributed by atoms with E-state index in [-0.39, 0.29) is 36.1 Å². The summed E-state index contributed by atoms with van der Waals surface area (Å²) in [7, 11) is 1.59. The first-order valence-corrected chi connectivity index (χ1v) is 7.34. The molecule has 0 aromatic heterocycles. The zero-order chi connectivity index (χ0) is 14.1. The normalized spacial score (nSPS) is 9.21. The maximum Gasteiger partial charge on any atom is 1.00 e. The van der Waals surface area contributed by atoms with Crippen molar-refractivity contribution in [2.75, 3.05) is 13.6 Å². The van der Waals surface area contributed by atoms with Gasteiger partial charge in [-0.3, -0.25) is 4.79 Å². The van der Waals surface area contributed by atoms with Gasteiger partial charge in [-0.05, 0) is 7.05 Å². The van der Waals surface area contributed by atoms with Gasteiger partial charge in [0.15, 0.2) is 0 Å². The minimum absolute atomic E-state index is 0. The van der Waals surface area contributed by atoms with Crippen LogP contribution in [0.15, 0.2) is 0 Å². The van der Waals surface area contributed by atoms with Crippen LogP contribution in [-0.2, 0) is 4.79 Å². The molecule has 0 spiro atoms. The van der Waals surface area contributed by atoms with Crippen molar-refractivity contribution < 1.29 is 39.5 Å². The molecule has 0 aliphatic rings. The Morgan fingerprint density at radius 2 is 1.42 bits per heavy atom. The van der Waals surface area contributed by atoms with Gasteiger partial charge in [-0.2, -0.15) is 6.42 Å². The fourth-order valence-electron chi connectivity index (χ4n) is 1.64. The van der Waals surface area contributed by atoms with E-state index < -0.39 is 5.97 Å². The summed E-state index contributed by atoms with van der Waals surface area (Å²) in [6, 6.07) is 0.